The van der Waals surface area contributed by atoms with E-state index in [4.69, 9.17) is 9.47 Å². The molecular weight excluding hydrogens is 368 g/mol. The number of carbonyl (C=O) groups excluding carboxylic acids is 1. The Labute approximate surface area is 172 Å². The van der Waals surface area contributed by atoms with Crippen molar-refractivity contribution in [2.75, 3.05) is 40.9 Å². The molecule has 3 N–H and O–H groups in total. The Hall–Kier alpha value is -3.22. The molecule has 0 saturated heterocycles. The summed E-state index contributed by atoms with van der Waals surface area (Å²) in [5.74, 6) is 2.20. The predicted octanol–water partition coefficient (Wildman–Crippen LogP) is 2.15. The summed E-state index contributed by atoms with van der Waals surface area (Å²) in [7, 11) is 5.00. The normalized spacial score (nSPS) is 11.0. The minimum absolute atomic E-state index is 0.120. The van der Waals surface area contributed by atoms with Gasteiger partial charge in [0.15, 0.2) is 5.96 Å². The number of benzene rings is 2. The molecule has 0 aliphatic heterocycles. The molecule has 0 radical (unpaired) electrons. The topological polar surface area (TPSA) is 84.0 Å². The van der Waals surface area contributed by atoms with Gasteiger partial charge in [-0.25, -0.2) is 0 Å². The third-order valence-corrected chi connectivity index (χ3v) is 4.46. The highest BCUT2D eigenvalue weighted by molar-refractivity contribution is 5.94. The first-order valence-corrected chi connectivity index (χ1v) is 9.57. The number of aliphatic imine (C=N–C) groups is 1. The fraction of sp³-hybridized carbons (Fsp3) is 0.364. The molecule has 2 aromatic carbocycles. The smallest absolute Gasteiger partial charge is 0.251 e. The molecular formula is C22H30N4O3. The summed E-state index contributed by atoms with van der Waals surface area (Å²) >= 11 is 0. The average Bonchev–Trinajstić information content (AvgIpc) is 2.76. The van der Waals surface area contributed by atoms with Gasteiger partial charge in [-0.15, -0.1) is 0 Å². The fourth-order valence-electron chi connectivity index (χ4n) is 2.77. The van der Waals surface area contributed by atoms with Crippen LogP contribution in [0, 0.1) is 6.92 Å². The van der Waals surface area contributed by atoms with E-state index in [-0.39, 0.29) is 5.91 Å². The van der Waals surface area contributed by atoms with Crippen LogP contribution in [0.15, 0.2) is 47.5 Å². The Kier molecular flexibility index (Phi) is 8.82. The lowest BCUT2D eigenvalue weighted by Crippen LogP contribution is -2.42. The average molecular weight is 399 g/mol. The van der Waals surface area contributed by atoms with Crippen molar-refractivity contribution < 1.29 is 14.3 Å². The summed E-state index contributed by atoms with van der Waals surface area (Å²) in [6.07, 6.45) is 0.853. The van der Waals surface area contributed by atoms with Crippen molar-refractivity contribution in [3.63, 3.8) is 0 Å². The number of methoxy groups -OCH3 is 2. The molecule has 29 heavy (non-hydrogen) atoms. The van der Waals surface area contributed by atoms with Crippen LogP contribution in [0.3, 0.4) is 0 Å². The number of carbonyl (C=O) groups is 1. The molecule has 0 saturated carbocycles. The van der Waals surface area contributed by atoms with Crippen LogP contribution < -0.4 is 25.4 Å². The number of nitrogens with one attached hydrogen (secondary N) is 3. The number of ether oxygens (including phenoxy) is 2. The highest BCUT2D eigenvalue weighted by Gasteiger charge is 2.05. The molecule has 156 valence electrons. The lowest BCUT2D eigenvalue weighted by molar-refractivity contribution is 0.0954. The highest BCUT2D eigenvalue weighted by atomic mass is 16.5. The van der Waals surface area contributed by atoms with Crippen molar-refractivity contribution in [3.05, 3.63) is 59.2 Å². The molecule has 2 aromatic rings. The number of hydrogen-bond donors (Lipinski definition) is 3. The highest BCUT2D eigenvalue weighted by Crippen LogP contribution is 2.19. The summed E-state index contributed by atoms with van der Waals surface area (Å²) in [5.41, 5.74) is 2.92. The van der Waals surface area contributed by atoms with Crippen LogP contribution in [-0.4, -0.2) is 52.8 Å². The SMILES string of the molecule is CN=C(NCCNC(=O)c1ccc(OC)cc1)NCCc1ccc(C)c(OC)c1. The lowest BCUT2D eigenvalue weighted by atomic mass is 10.1. The standard InChI is InChI=1S/C22H30N4O3/c1-16-5-6-17(15-20(16)29-4)11-12-25-22(23-2)26-14-13-24-21(27)18-7-9-19(28-3)10-8-18/h5-10,15H,11-14H2,1-4H3,(H,24,27)(H2,23,25,26). The Balaban J connectivity index is 1.68. The molecule has 0 spiro atoms. The van der Waals surface area contributed by atoms with Gasteiger partial charge in [0.25, 0.3) is 5.91 Å². The second-order valence-electron chi connectivity index (χ2n) is 6.46. The number of nitrogens with zero attached hydrogens (tertiary/aromatic N) is 1. The molecule has 0 aliphatic rings. The van der Waals surface area contributed by atoms with E-state index in [1.165, 1.54) is 5.56 Å². The number of amides is 1. The molecule has 0 fully saturated rings. The summed E-state index contributed by atoms with van der Waals surface area (Å²) in [5, 5.41) is 9.34. The van der Waals surface area contributed by atoms with E-state index < -0.39 is 0 Å². The minimum atomic E-state index is -0.120. The zero-order chi connectivity index (χ0) is 21.1. The van der Waals surface area contributed by atoms with Gasteiger partial charge in [0.05, 0.1) is 14.2 Å². The van der Waals surface area contributed by atoms with Gasteiger partial charge in [-0.3, -0.25) is 9.79 Å². The molecule has 0 aliphatic carbocycles. The Morgan fingerprint density at radius 3 is 2.28 bits per heavy atom. The summed E-state index contributed by atoms with van der Waals surface area (Å²) in [6.45, 7) is 3.82. The summed E-state index contributed by atoms with van der Waals surface area (Å²) < 4.78 is 10.5. The first kappa shape index (κ1) is 22.1. The maximum absolute atomic E-state index is 12.1. The van der Waals surface area contributed by atoms with E-state index in [0.29, 0.717) is 24.6 Å². The number of hydrogen-bond acceptors (Lipinski definition) is 4. The van der Waals surface area contributed by atoms with Gasteiger partial charge in [-0.1, -0.05) is 12.1 Å². The summed E-state index contributed by atoms with van der Waals surface area (Å²) in [6, 6.07) is 13.2. The third-order valence-electron chi connectivity index (χ3n) is 4.46. The van der Waals surface area contributed by atoms with E-state index in [0.717, 1.165) is 30.0 Å². The first-order valence-electron chi connectivity index (χ1n) is 9.57. The van der Waals surface area contributed by atoms with Gasteiger partial charge in [-0.05, 0) is 54.8 Å². The maximum atomic E-state index is 12.1. The van der Waals surface area contributed by atoms with Crippen LogP contribution in [0.25, 0.3) is 0 Å². The molecule has 0 unspecified atom stereocenters. The second-order valence-corrected chi connectivity index (χ2v) is 6.46. The number of guanidine groups is 1. The fourth-order valence-corrected chi connectivity index (χ4v) is 2.77. The first-order chi connectivity index (χ1) is 14.1. The van der Waals surface area contributed by atoms with Crippen molar-refractivity contribution in [3.8, 4) is 11.5 Å². The van der Waals surface area contributed by atoms with Crippen molar-refractivity contribution in [1.82, 2.24) is 16.0 Å². The maximum Gasteiger partial charge on any atom is 0.251 e. The van der Waals surface area contributed by atoms with E-state index in [2.05, 4.69) is 39.1 Å². The van der Waals surface area contributed by atoms with Crippen LogP contribution in [0.4, 0.5) is 0 Å². The molecule has 7 nitrogen and oxygen atoms in total. The van der Waals surface area contributed by atoms with Gasteiger partial charge in [0, 0.05) is 32.2 Å². The quantitative estimate of drug-likeness (QED) is 0.342. The lowest BCUT2D eigenvalue weighted by Gasteiger charge is -2.13. The van der Waals surface area contributed by atoms with Gasteiger partial charge >= 0.3 is 0 Å². The molecule has 0 heterocycles. The van der Waals surface area contributed by atoms with Gasteiger partial charge in [-0.2, -0.15) is 0 Å². The molecule has 1 amide bonds. The molecule has 2 rings (SSSR count). The van der Waals surface area contributed by atoms with E-state index in [1.54, 1.807) is 45.5 Å². The predicted molar refractivity (Wildman–Crippen MR) is 116 cm³/mol. The number of aryl methyl sites for hydroxylation is 1. The number of rotatable bonds is 9. The molecule has 0 aromatic heterocycles. The Morgan fingerprint density at radius 2 is 1.62 bits per heavy atom. The summed E-state index contributed by atoms with van der Waals surface area (Å²) in [4.78, 5) is 16.3. The van der Waals surface area contributed by atoms with Crippen LogP contribution >= 0.6 is 0 Å². The van der Waals surface area contributed by atoms with E-state index >= 15 is 0 Å². The van der Waals surface area contributed by atoms with Gasteiger partial charge in [0.1, 0.15) is 11.5 Å². The molecule has 7 heteroatoms. The Bertz CT molecular complexity index is 819. The molecule has 0 atom stereocenters. The zero-order valence-electron chi connectivity index (χ0n) is 17.5. The monoisotopic (exact) mass is 398 g/mol. The van der Waals surface area contributed by atoms with E-state index in [9.17, 15) is 4.79 Å². The zero-order valence-corrected chi connectivity index (χ0v) is 17.5. The van der Waals surface area contributed by atoms with Crippen LogP contribution in [-0.2, 0) is 6.42 Å². The second kappa shape index (κ2) is 11.6. The van der Waals surface area contributed by atoms with Gasteiger partial charge in [0.2, 0.25) is 0 Å². The molecule has 0 bridgehead atoms. The van der Waals surface area contributed by atoms with Crippen molar-refractivity contribution in [1.29, 1.82) is 0 Å². The van der Waals surface area contributed by atoms with Crippen LogP contribution in [0.2, 0.25) is 0 Å². The van der Waals surface area contributed by atoms with Gasteiger partial charge < -0.3 is 25.4 Å². The largest absolute Gasteiger partial charge is 0.497 e. The minimum Gasteiger partial charge on any atom is -0.497 e. The van der Waals surface area contributed by atoms with Crippen molar-refractivity contribution in [2.24, 2.45) is 4.99 Å². The van der Waals surface area contributed by atoms with Crippen LogP contribution in [0.5, 0.6) is 11.5 Å². The Morgan fingerprint density at radius 1 is 0.931 bits per heavy atom. The third kappa shape index (κ3) is 7.03. The van der Waals surface area contributed by atoms with E-state index in [1.807, 2.05) is 6.92 Å². The van der Waals surface area contributed by atoms with Crippen molar-refractivity contribution >= 4 is 11.9 Å². The van der Waals surface area contributed by atoms with Crippen molar-refractivity contribution in [2.45, 2.75) is 13.3 Å². The van der Waals surface area contributed by atoms with Crippen LogP contribution in [0.1, 0.15) is 21.5 Å².